The van der Waals surface area contributed by atoms with Gasteiger partial charge < -0.3 is 9.67 Å². The predicted molar refractivity (Wildman–Crippen MR) is 86.4 cm³/mol. The highest BCUT2D eigenvalue weighted by Gasteiger charge is 2.43. The summed E-state index contributed by atoms with van der Waals surface area (Å²) < 4.78 is 2.20. The van der Waals surface area contributed by atoms with Crippen molar-refractivity contribution in [2.45, 2.75) is 84.0 Å². The minimum absolute atomic E-state index is 0.405. The molecular weight excluding hydrogens is 276 g/mol. The molecule has 2 fully saturated rings. The van der Waals surface area contributed by atoms with Gasteiger partial charge in [0.25, 0.3) is 0 Å². The van der Waals surface area contributed by atoms with Gasteiger partial charge in [0.15, 0.2) is 0 Å². The van der Waals surface area contributed by atoms with Gasteiger partial charge in [-0.2, -0.15) is 0 Å². The molecule has 1 saturated carbocycles. The summed E-state index contributed by atoms with van der Waals surface area (Å²) in [5.74, 6) is 2.48. The highest BCUT2D eigenvalue weighted by atomic mass is 16.3. The Bertz CT molecular complexity index is 511. The van der Waals surface area contributed by atoms with Crippen LogP contribution in [0.4, 0.5) is 0 Å². The van der Waals surface area contributed by atoms with Crippen LogP contribution in [-0.4, -0.2) is 43.0 Å². The van der Waals surface area contributed by atoms with Crippen LogP contribution in [0.25, 0.3) is 0 Å². The van der Waals surface area contributed by atoms with E-state index >= 15 is 0 Å². The first-order valence-corrected chi connectivity index (χ1v) is 8.88. The van der Waals surface area contributed by atoms with Crippen LogP contribution in [0.15, 0.2) is 0 Å². The van der Waals surface area contributed by atoms with Crippen LogP contribution in [0.1, 0.15) is 64.0 Å². The fourth-order valence-corrected chi connectivity index (χ4v) is 4.59. The molecule has 1 saturated heterocycles. The molecule has 1 aromatic rings. The molecule has 3 rings (SSSR count). The van der Waals surface area contributed by atoms with Gasteiger partial charge in [0.2, 0.25) is 0 Å². The van der Waals surface area contributed by atoms with E-state index in [1.165, 1.54) is 25.7 Å². The van der Waals surface area contributed by atoms with E-state index in [-0.39, 0.29) is 0 Å². The van der Waals surface area contributed by atoms with Crippen LogP contribution in [0.3, 0.4) is 0 Å². The van der Waals surface area contributed by atoms with Gasteiger partial charge in [-0.15, -0.1) is 10.2 Å². The third-order valence-electron chi connectivity index (χ3n) is 5.80. The van der Waals surface area contributed by atoms with E-state index < -0.39 is 5.60 Å². The lowest BCUT2D eigenvalue weighted by Crippen LogP contribution is -2.48. The number of aryl methyl sites for hydroxylation is 1. The molecule has 3 atom stereocenters. The lowest BCUT2D eigenvalue weighted by atomic mass is 9.72. The molecule has 2 aliphatic rings. The quantitative estimate of drug-likeness (QED) is 0.928. The van der Waals surface area contributed by atoms with Gasteiger partial charge in [-0.3, -0.25) is 4.90 Å². The molecule has 22 heavy (non-hydrogen) atoms. The second-order valence-electron chi connectivity index (χ2n) is 7.30. The van der Waals surface area contributed by atoms with E-state index in [0.29, 0.717) is 12.0 Å². The smallest absolute Gasteiger partial charge is 0.147 e. The van der Waals surface area contributed by atoms with Gasteiger partial charge in [0.05, 0.1) is 12.1 Å². The molecule has 0 amide bonds. The first-order chi connectivity index (χ1) is 10.5. The van der Waals surface area contributed by atoms with E-state index in [1.54, 1.807) is 0 Å². The normalized spacial score (nSPS) is 33.5. The summed E-state index contributed by atoms with van der Waals surface area (Å²) >= 11 is 0. The maximum atomic E-state index is 10.8. The topological polar surface area (TPSA) is 54.2 Å². The van der Waals surface area contributed by atoms with Gasteiger partial charge in [0.1, 0.15) is 11.6 Å². The molecule has 1 N–H and O–H groups in total. The van der Waals surface area contributed by atoms with Crippen LogP contribution in [0, 0.1) is 12.8 Å². The average Bonchev–Trinajstić information content (AvgIpc) is 3.06. The highest BCUT2D eigenvalue weighted by molar-refractivity contribution is 5.00. The van der Waals surface area contributed by atoms with Crippen molar-refractivity contribution in [2.75, 3.05) is 6.54 Å². The molecule has 5 nitrogen and oxygen atoms in total. The number of aromatic nitrogens is 3. The molecular formula is C17H30N4O. The van der Waals surface area contributed by atoms with E-state index in [0.717, 1.165) is 44.1 Å². The molecule has 5 heteroatoms. The average molecular weight is 306 g/mol. The molecule has 3 unspecified atom stereocenters. The summed E-state index contributed by atoms with van der Waals surface area (Å²) in [6, 6.07) is 0.498. The minimum Gasteiger partial charge on any atom is -0.390 e. The SMILES string of the molecule is CCn1c(C)nnc1CN1CCCC1C1CCCCC1(C)O. The molecule has 0 spiro atoms. The number of likely N-dealkylation sites (tertiary alicyclic amines) is 1. The van der Waals surface area contributed by atoms with Crippen molar-refractivity contribution in [2.24, 2.45) is 5.92 Å². The van der Waals surface area contributed by atoms with Crippen LogP contribution in [0.5, 0.6) is 0 Å². The summed E-state index contributed by atoms with van der Waals surface area (Å²) in [7, 11) is 0. The van der Waals surface area contributed by atoms with Crippen molar-refractivity contribution >= 4 is 0 Å². The molecule has 0 aromatic carbocycles. The van der Waals surface area contributed by atoms with Gasteiger partial charge in [-0.25, -0.2) is 0 Å². The summed E-state index contributed by atoms with van der Waals surface area (Å²) in [5.41, 5.74) is -0.500. The standard InChI is InChI=1S/C17H30N4O/c1-4-21-13(2)18-19-16(21)12-20-11-7-9-15(20)14-8-5-6-10-17(14,3)22/h14-15,22H,4-12H2,1-3H3. The zero-order chi connectivity index (χ0) is 15.7. The number of hydrogen-bond acceptors (Lipinski definition) is 4. The van der Waals surface area contributed by atoms with Crippen LogP contribution in [0.2, 0.25) is 0 Å². The summed E-state index contributed by atoms with van der Waals surface area (Å²) in [6.45, 7) is 9.12. The number of hydrogen-bond donors (Lipinski definition) is 1. The number of aliphatic hydroxyl groups is 1. The van der Waals surface area contributed by atoms with Crippen molar-refractivity contribution in [1.29, 1.82) is 0 Å². The lowest BCUT2D eigenvalue weighted by molar-refractivity contribution is -0.0632. The molecule has 1 aliphatic carbocycles. The molecule has 0 bridgehead atoms. The third-order valence-corrected chi connectivity index (χ3v) is 5.80. The fourth-order valence-electron chi connectivity index (χ4n) is 4.59. The minimum atomic E-state index is -0.500. The molecule has 0 radical (unpaired) electrons. The third kappa shape index (κ3) is 2.93. The lowest BCUT2D eigenvalue weighted by Gasteiger charge is -2.43. The van der Waals surface area contributed by atoms with Crippen LogP contribution >= 0.6 is 0 Å². The van der Waals surface area contributed by atoms with Gasteiger partial charge in [-0.1, -0.05) is 12.8 Å². The van der Waals surface area contributed by atoms with Crippen molar-refractivity contribution in [3.05, 3.63) is 11.6 Å². The van der Waals surface area contributed by atoms with Crippen molar-refractivity contribution in [3.63, 3.8) is 0 Å². The van der Waals surface area contributed by atoms with Gasteiger partial charge in [-0.05, 0) is 53.0 Å². The van der Waals surface area contributed by atoms with Crippen molar-refractivity contribution < 1.29 is 5.11 Å². The zero-order valence-corrected chi connectivity index (χ0v) is 14.3. The predicted octanol–water partition coefficient (Wildman–Crippen LogP) is 2.51. The molecule has 124 valence electrons. The Morgan fingerprint density at radius 3 is 2.77 bits per heavy atom. The summed E-state index contributed by atoms with van der Waals surface area (Å²) in [5, 5.41) is 19.4. The second kappa shape index (κ2) is 6.28. The van der Waals surface area contributed by atoms with Gasteiger partial charge in [0, 0.05) is 18.5 Å². The first kappa shape index (κ1) is 15.9. The molecule has 2 heterocycles. The Balaban J connectivity index is 1.75. The van der Waals surface area contributed by atoms with E-state index in [4.69, 9.17) is 0 Å². The Kier molecular flexibility index (Phi) is 4.55. The number of rotatable bonds is 4. The maximum Gasteiger partial charge on any atom is 0.147 e. The van der Waals surface area contributed by atoms with Gasteiger partial charge >= 0.3 is 0 Å². The number of nitrogens with zero attached hydrogens (tertiary/aromatic N) is 4. The Hall–Kier alpha value is -0.940. The highest BCUT2D eigenvalue weighted by Crippen LogP contribution is 2.40. The summed E-state index contributed by atoms with van der Waals surface area (Å²) in [6.07, 6.45) is 6.98. The van der Waals surface area contributed by atoms with E-state index in [2.05, 4.69) is 26.6 Å². The maximum absolute atomic E-state index is 10.8. The first-order valence-electron chi connectivity index (χ1n) is 8.88. The zero-order valence-electron chi connectivity index (χ0n) is 14.3. The fraction of sp³-hybridized carbons (Fsp3) is 0.882. The Morgan fingerprint density at radius 1 is 1.23 bits per heavy atom. The molecule has 1 aromatic heterocycles. The Morgan fingerprint density at radius 2 is 2.05 bits per heavy atom. The van der Waals surface area contributed by atoms with E-state index in [9.17, 15) is 5.11 Å². The summed E-state index contributed by atoms with van der Waals surface area (Å²) in [4.78, 5) is 2.54. The Labute approximate surface area is 133 Å². The van der Waals surface area contributed by atoms with Crippen molar-refractivity contribution in [1.82, 2.24) is 19.7 Å². The monoisotopic (exact) mass is 306 g/mol. The second-order valence-corrected chi connectivity index (χ2v) is 7.30. The van der Waals surface area contributed by atoms with E-state index in [1.807, 2.05) is 13.8 Å². The molecule has 1 aliphatic heterocycles. The van der Waals surface area contributed by atoms with Crippen molar-refractivity contribution in [3.8, 4) is 0 Å². The van der Waals surface area contributed by atoms with Crippen LogP contribution in [-0.2, 0) is 13.1 Å². The largest absolute Gasteiger partial charge is 0.390 e. The van der Waals surface area contributed by atoms with Crippen LogP contribution < -0.4 is 0 Å².